The van der Waals surface area contributed by atoms with Crippen molar-refractivity contribution in [2.45, 2.75) is 30.7 Å². The van der Waals surface area contributed by atoms with Gasteiger partial charge >= 0.3 is 5.97 Å². The number of phenols is 2. The third kappa shape index (κ3) is 5.28. The van der Waals surface area contributed by atoms with Crippen LogP contribution in [0, 0.1) is 0 Å². The zero-order valence-corrected chi connectivity index (χ0v) is 15.7. The summed E-state index contributed by atoms with van der Waals surface area (Å²) in [5.74, 6) is -0.486. The van der Waals surface area contributed by atoms with Crippen LogP contribution < -0.4 is 4.74 Å². The Kier molecular flexibility index (Phi) is 6.91. The molecular formula is C21H22O9. The highest BCUT2D eigenvalue weighted by atomic mass is 16.7. The smallest absolute Gasteiger partial charge is 0.331 e. The second-order valence-corrected chi connectivity index (χ2v) is 6.64. The van der Waals surface area contributed by atoms with Crippen molar-refractivity contribution in [2.75, 3.05) is 6.61 Å². The molecule has 5 atom stereocenters. The van der Waals surface area contributed by atoms with Gasteiger partial charge in [-0.3, -0.25) is 0 Å². The van der Waals surface area contributed by atoms with E-state index in [0.717, 1.165) is 6.08 Å². The van der Waals surface area contributed by atoms with E-state index >= 15 is 0 Å². The molecule has 5 N–H and O–H groups in total. The molecule has 3 rings (SSSR count). The summed E-state index contributed by atoms with van der Waals surface area (Å²) in [5, 5.41) is 48.6. The second-order valence-electron chi connectivity index (χ2n) is 6.64. The van der Waals surface area contributed by atoms with Crippen LogP contribution in [0.25, 0.3) is 6.08 Å². The van der Waals surface area contributed by atoms with Gasteiger partial charge in [0.15, 0.2) is 6.10 Å². The molecule has 160 valence electrons. The molecule has 2 aromatic rings. The molecule has 1 fully saturated rings. The number of carbonyl (C=O) groups excluding carboxylic acids is 1. The third-order valence-electron chi connectivity index (χ3n) is 4.47. The van der Waals surface area contributed by atoms with Crippen molar-refractivity contribution >= 4 is 12.0 Å². The molecule has 2 aromatic carbocycles. The second kappa shape index (κ2) is 9.59. The number of hydrogen-bond donors (Lipinski definition) is 5. The van der Waals surface area contributed by atoms with Crippen molar-refractivity contribution < 1.29 is 44.5 Å². The minimum Gasteiger partial charge on any atom is -0.508 e. The monoisotopic (exact) mass is 418 g/mol. The highest BCUT2D eigenvalue weighted by molar-refractivity contribution is 5.87. The first-order chi connectivity index (χ1) is 14.4. The molecule has 1 aliphatic heterocycles. The Morgan fingerprint density at radius 1 is 0.967 bits per heavy atom. The van der Waals surface area contributed by atoms with Gasteiger partial charge in [-0.25, -0.2) is 4.79 Å². The van der Waals surface area contributed by atoms with Crippen LogP contribution in [0.15, 0.2) is 54.6 Å². The van der Waals surface area contributed by atoms with E-state index in [2.05, 4.69) is 0 Å². The van der Waals surface area contributed by atoms with Gasteiger partial charge in [0.25, 0.3) is 0 Å². The van der Waals surface area contributed by atoms with Crippen LogP contribution in [0.4, 0.5) is 0 Å². The van der Waals surface area contributed by atoms with E-state index in [9.17, 15) is 30.3 Å². The summed E-state index contributed by atoms with van der Waals surface area (Å²) in [4.78, 5) is 12.3. The summed E-state index contributed by atoms with van der Waals surface area (Å²) >= 11 is 0. The Morgan fingerprint density at radius 2 is 1.57 bits per heavy atom. The van der Waals surface area contributed by atoms with Crippen molar-refractivity contribution in [2.24, 2.45) is 0 Å². The maximum atomic E-state index is 12.3. The lowest BCUT2D eigenvalue weighted by molar-refractivity contribution is -0.281. The molecule has 0 aromatic heterocycles. The molecule has 1 aliphatic rings. The van der Waals surface area contributed by atoms with Crippen LogP contribution >= 0.6 is 0 Å². The van der Waals surface area contributed by atoms with Crippen molar-refractivity contribution in [1.29, 1.82) is 0 Å². The number of aliphatic hydroxyl groups is 3. The average Bonchev–Trinajstić information content (AvgIpc) is 2.74. The molecule has 0 saturated carbocycles. The van der Waals surface area contributed by atoms with E-state index in [4.69, 9.17) is 14.2 Å². The Balaban J connectivity index is 1.74. The number of benzene rings is 2. The molecule has 5 unspecified atom stereocenters. The van der Waals surface area contributed by atoms with E-state index in [0.29, 0.717) is 5.56 Å². The number of aromatic hydroxyl groups is 2. The summed E-state index contributed by atoms with van der Waals surface area (Å²) < 4.78 is 16.3. The normalized spacial score (nSPS) is 26.4. The maximum Gasteiger partial charge on any atom is 0.331 e. The number of ether oxygens (including phenoxy) is 3. The Morgan fingerprint density at radius 3 is 2.17 bits per heavy atom. The first kappa shape index (κ1) is 21.6. The van der Waals surface area contributed by atoms with Crippen LogP contribution in [-0.4, -0.2) is 68.8 Å². The van der Waals surface area contributed by atoms with Gasteiger partial charge in [0, 0.05) is 6.08 Å². The minimum atomic E-state index is -1.58. The third-order valence-corrected chi connectivity index (χ3v) is 4.47. The molecule has 9 heteroatoms. The number of carbonyl (C=O) groups is 1. The quantitative estimate of drug-likeness (QED) is 0.335. The van der Waals surface area contributed by atoms with Gasteiger partial charge in [0.2, 0.25) is 6.29 Å². The van der Waals surface area contributed by atoms with E-state index in [-0.39, 0.29) is 17.2 Å². The summed E-state index contributed by atoms with van der Waals surface area (Å²) in [5.41, 5.74) is 0.627. The molecule has 30 heavy (non-hydrogen) atoms. The number of rotatable bonds is 6. The van der Waals surface area contributed by atoms with E-state index in [1.807, 2.05) is 0 Å². The standard InChI is InChI=1S/C21H22O9/c22-11-16-18(26)19(27)20(21(29-16)28-15-8-6-14(24)7-9-15)30-17(25)10-3-12-1-4-13(23)5-2-12/h1-10,16,18-24,26-27H,11H2. The molecule has 0 amide bonds. The topological polar surface area (TPSA) is 146 Å². The fraction of sp³-hybridized carbons (Fsp3) is 0.286. The van der Waals surface area contributed by atoms with Crippen LogP contribution in [0.5, 0.6) is 17.2 Å². The Bertz CT molecular complexity index is 863. The molecule has 0 spiro atoms. The van der Waals surface area contributed by atoms with E-state index < -0.39 is 43.3 Å². The lowest BCUT2D eigenvalue weighted by atomic mass is 9.99. The van der Waals surface area contributed by atoms with Gasteiger partial charge in [-0.15, -0.1) is 0 Å². The van der Waals surface area contributed by atoms with Crippen molar-refractivity contribution in [3.8, 4) is 17.2 Å². The lowest BCUT2D eigenvalue weighted by Crippen LogP contribution is -2.61. The maximum absolute atomic E-state index is 12.3. The average molecular weight is 418 g/mol. The van der Waals surface area contributed by atoms with Crippen LogP contribution in [-0.2, 0) is 14.3 Å². The zero-order valence-electron chi connectivity index (χ0n) is 15.7. The van der Waals surface area contributed by atoms with Crippen molar-refractivity contribution in [3.05, 3.63) is 60.2 Å². The summed E-state index contributed by atoms with van der Waals surface area (Å²) in [6.45, 7) is -0.588. The molecule has 9 nitrogen and oxygen atoms in total. The predicted octanol–water partition coefficient (Wildman–Crippen LogP) is 0.541. The highest BCUT2D eigenvalue weighted by Gasteiger charge is 2.47. The molecule has 0 radical (unpaired) electrons. The highest BCUT2D eigenvalue weighted by Crippen LogP contribution is 2.27. The fourth-order valence-electron chi connectivity index (χ4n) is 2.86. The first-order valence-corrected chi connectivity index (χ1v) is 9.13. The van der Waals surface area contributed by atoms with Crippen LogP contribution in [0.1, 0.15) is 5.56 Å². The van der Waals surface area contributed by atoms with Gasteiger partial charge in [0.05, 0.1) is 6.61 Å². The zero-order chi connectivity index (χ0) is 21.7. The number of phenolic OH excluding ortho intramolecular Hbond substituents is 2. The van der Waals surface area contributed by atoms with Crippen LogP contribution in [0.3, 0.4) is 0 Å². The molecule has 1 saturated heterocycles. The summed E-state index contributed by atoms with van der Waals surface area (Å²) in [6.07, 6.45) is -4.39. The number of aliphatic hydroxyl groups excluding tert-OH is 3. The largest absolute Gasteiger partial charge is 0.508 e. The molecular weight excluding hydrogens is 396 g/mol. The number of esters is 1. The molecule has 0 aliphatic carbocycles. The van der Waals surface area contributed by atoms with Crippen LogP contribution in [0.2, 0.25) is 0 Å². The fourth-order valence-corrected chi connectivity index (χ4v) is 2.86. The first-order valence-electron chi connectivity index (χ1n) is 9.13. The predicted molar refractivity (Wildman–Crippen MR) is 104 cm³/mol. The summed E-state index contributed by atoms with van der Waals surface area (Å²) in [7, 11) is 0. The van der Waals surface area contributed by atoms with Crippen molar-refractivity contribution in [3.63, 3.8) is 0 Å². The van der Waals surface area contributed by atoms with E-state index in [1.165, 1.54) is 42.5 Å². The molecule has 0 bridgehead atoms. The lowest BCUT2D eigenvalue weighted by Gasteiger charge is -2.41. The summed E-state index contributed by atoms with van der Waals surface area (Å²) in [6, 6.07) is 11.7. The Labute approximate surface area is 172 Å². The Hall–Kier alpha value is -3.11. The van der Waals surface area contributed by atoms with Gasteiger partial charge in [-0.05, 0) is 48.0 Å². The van der Waals surface area contributed by atoms with Gasteiger partial charge < -0.3 is 39.7 Å². The van der Waals surface area contributed by atoms with Gasteiger partial charge in [-0.2, -0.15) is 0 Å². The minimum absolute atomic E-state index is 0.0120. The van der Waals surface area contributed by atoms with E-state index in [1.54, 1.807) is 12.1 Å². The van der Waals surface area contributed by atoms with Crippen molar-refractivity contribution in [1.82, 2.24) is 0 Å². The van der Waals surface area contributed by atoms with Gasteiger partial charge in [0.1, 0.15) is 35.6 Å². The SMILES string of the molecule is O=C(C=Cc1ccc(O)cc1)OC1C(Oc2ccc(O)cc2)OC(CO)C(O)C1O. The molecule has 1 heterocycles. The number of hydrogen-bond acceptors (Lipinski definition) is 9. The van der Waals surface area contributed by atoms with Gasteiger partial charge in [-0.1, -0.05) is 12.1 Å².